The summed E-state index contributed by atoms with van der Waals surface area (Å²) in [4.78, 5) is 13.2. The van der Waals surface area contributed by atoms with Crippen LogP contribution in [-0.4, -0.2) is 12.5 Å². The highest BCUT2D eigenvalue weighted by atomic mass is 35.5. The first kappa shape index (κ1) is 10.3. The van der Waals surface area contributed by atoms with E-state index < -0.39 is 0 Å². The van der Waals surface area contributed by atoms with Gasteiger partial charge in [0, 0.05) is 19.2 Å². The first-order valence-corrected chi connectivity index (χ1v) is 5.33. The van der Waals surface area contributed by atoms with Crippen LogP contribution in [0.2, 0.25) is 5.02 Å². The summed E-state index contributed by atoms with van der Waals surface area (Å²) in [6.45, 7) is 2.34. The third-order valence-corrected chi connectivity index (χ3v) is 3.02. The van der Waals surface area contributed by atoms with Gasteiger partial charge < -0.3 is 10.6 Å². The molecule has 4 heteroatoms. The van der Waals surface area contributed by atoms with E-state index in [0.717, 1.165) is 30.6 Å². The molecule has 1 aliphatic heterocycles. The fourth-order valence-electron chi connectivity index (χ4n) is 1.95. The van der Waals surface area contributed by atoms with Crippen LogP contribution in [0, 0.1) is 0 Å². The minimum atomic E-state index is 0.0534. The van der Waals surface area contributed by atoms with Crippen LogP contribution < -0.4 is 10.6 Å². The van der Waals surface area contributed by atoms with E-state index >= 15 is 0 Å². The lowest BCUT2D eigenvalue weighted by Gasteiger charge is -2.29. The molecule has 2 N–H and O–H groups in total. The molecular formula is C11H13ClN2O. The van der Waals surface area contributed by atoms with Gasteiger partial charge >= 0.3 is 0 Å². The van der Waals surface area contributed by atoms with Crippen molar-refractivity contribution in [3.8, 4) is 0 Å². The minimum Gasteiger partial charge on any atom is -0.397 e. The van der Waals surface area contributed by atoms with Gasteiger partial charge in [0.2, 0.25) is 5.91 Å². The molecule has 0 spiro atoms. The summed E-state index contributed by atoms with van der Waals surface area (Å²) in [7, 11) is 0. The van der Waals surface area contributed by atoms with Crippen LogP contribution in [0.25, 0.3) is 0 Å². The number of hydrogen-bond acceptors (Lipinski definition) is 2. The monoisotopic (exact) mass is 224 g/mol. The largest absolute Gasteiger partial charge is 0.397 e. The van der Waals surface area contributed by atoms with Crippen molar-refractivity contribution >= 4 is 28.9 Å². The van der Waals surface area contributed by atoms with E-state index in [1.54, 1.807) is 17.9 Å². The predicted molar refractivity (Wildman–Crippen MR) is 62.2 cm³/mol. The summed E-state index contributed by atoms with van der Waals surface area (Å²) in [6, 6.07) is 3.65. The van der Waals surface area contributed by atoms with Gasteiger partial charge in [0.1, 0.15) is 0 Å². The Hall–Kier alpha value is -1.22. The molecule has 1 aromatic rings. The minimum absolute atomic E-state index is 0.0534. The van der Waals surface area contributed by atoms with Crippen LogP contribution in [0.4, 0.5) is 11.4 Å². The zero-order valence-electron chi connectivity index (χ0n) is 8.59. The Balaban J connectivity index is 2.51. The number of nitrogens with two attached hydrogens (primary N) is 1. The van der Waals surface area contributed by atoms with Crippen LogP contribution in [0.1, 0.15) is 18.9 Å². The summed E-state index contributed by atoms with van der Waals surface area (Å²) < 4.78 is 0. The maximum Gasteiger partial charge on any atom is 0.223 e. The molecule has 0 unspecified atom stereocenters. The molecule has 1 heterocycles. The van der Waals surface area contributed by atoms with E-state index in [4.69, 9.17) is 17.3 Å². The quantitative estimate of drug-likeness (QED) is 0.687. The van der Waals surface area contributed by atoms with E-state index in [9.17, 15) is 4.79 Å². The smallest absolute Gasteiger partial charge is 0.223 e. The molecule has 80 valence electrons. The van der Waals surface area contributed by atoms with Gasteiger partial charge in [-0.25, -0.2) is 0 Å². The molecule has 0 aliphatic carbocycles. The van der Waals surface area contributed by atoms with Gasteiger partial charge in [0.25, 0.3) is 0 Å². The zero-order chi connectivity index (χ0) is 11.0. The van der Waals surface area contributed by atoms with E-state index in [0.29, 0.717) is 10.7 Å². The van der Waals surface area contributed by atoms with Crippen LogP contribution in [-0.2, 0) is 11.2 Å². The number of nitrogen functional groups attached to an aromatic ring is 1. The van der Waals surface area contributed by atoms with Crippen molar-refractivity contribution in [2.75, 3.05) is 17.2 Å². The summed E-state index contributed by atoms with van der Waals surface area (Å²) in [5, 5.41) is 0.569. The lowest BCUT2D eigenvalue weighted by Crippen LogP contribution is -2.33. The summed E-state index contributed by atoms with van der Waals surface area (Å²) >= 11 is 5.94. The van der Waals surface area contributed by atoms with E-state index in [1.807, 2.05) is 6.07 Å². The van der Waals surface area contributed by atoms with Crippen LogP contribution in [0.15, 0.2) is 12.1 Å². The topological polar surface area (TPSA) is 46.3 Å². The van der Waals surface area contributed by atoms with Gasteiger partial charge in [-0.05, 0) is 30.5 Å². The number of anilines is 2. The fourth-order valence-corrected chi connectivity index (χ4v) is 2.13. The van der Waals surface area contributed by atoms with Crippen molar-refractivity contribution in [3.05, 3.63) is 22.7 Å². The standard InChI is InChI=1S/C11H13ClN2O/c1-7(15)14-4-2-3-8-5-9(12)10(13)6-11(8)14/h5-6H,2-4,13H2,1H3. The van der Waals surface area contributed by atoms with Crippen molar-refractivity contribution in [2.45, 2.75) is 19.8 Å². The summed E-state index contributed by atoms with van der Waals surface area (Å²) in [5.41, 5.74) is 8.29. The first-order chi connectivity index (χ1) is 7.09. The SMILES string of the molecule is CC(=O)N1CCCc2cc(Cl)c(N)cc21. The molecule has 0 fully saturated rings. The first-order valence-electron chi connectivity index (χ1n) is 4.95. The van der Waals surface area contributed by atoms with E-state index in [1.165, 1.54) is 0 Å². The average molecular weight is 225 g/mol. The number of fused-ring (bicyclic) bond motifs is 1. The Morgan fingerprint density at radius 2 is 2.27 bits per heavy atom. The molecule has 1 aliphatic rings. The Kier molecular flexibility index (Phi) is 2.57. The summed E-state index contributed by atoms with van der Waals surface area (Å²) in [6.07, 6.45) is 1.94. The van der Waals surface area contributed by atoms with Crippen LogP contribution >= 0.6 is 11.6 Å². The Morgan fingerprint density at radius 3 is 2.93 bits per heavy atom. The summed E-state index contributed by atoms with van der Waals surface area (Å²) in [5.74, 6) is 0.0534. The molecule has 0 bridgehead atoms. The van der Waals surface area contributed by atoms with E-state index in [2.05, 4.69) is 0 Å². The lowest BCUT2D eigenvalue weighted by molar-refractivity contribution is -0.116. The molecule has 0 atom stereocenters. The number of carbonyl (C=O) groups is 1. The molecule has 0 radical (unpaired) electrons. The number of halogens is 1. The van der Waals surface area contributed by atoms with Gasteiger partial charge in [-0.3, -0.25) is 4.79 Å². The van der Waals surface area contributed by atoms with Gasteiger partial charge in [0.15, 0.2) is 0 Å². The third kappa shape index (κ3) is 1.79. The normalized spacial score (nSPS) is 14.9. The Bertz CT molecular complexity index is 417. The molecule has 2 rings (SSSR count). The van der Waals surface area contributed by atoms with Crippen molar-refractivity contribution in [1.82, 2.24) is 0 Å². The maximum absolute atomic E-state index is 11.4. The highest BCUT2D eigenvalue weighted by molar-refractivity contribution is 6.33. The van der Waals surface area contributed by atoms with Crippen molar-refractivity contribution in [1.29, 1.82) is 0 Å². The third-order valence-electron chi connectivity index (χ3n) is 2.70. The number of benzene rings is 1. The molecule has 15 heavy (non-hydrogen) atoms. The number of nitrogens with zero attached hydrogens (tertiary/aromatic N) is 1. The maximum atomic E-state index is 11.4. The second kappa shape index (κ2) is 3.74. The number of hydrogen-bond donors (Lipinski definition) is 1. The van der Waals surface area contributed by atoms with Gasteiger partial charge in [-0.1, -0.05) is 11.6 Å². The van der Waals surface area contributed by atoms with Crippen molar-refractivity contribution < 1.29 is 4.79 Å². The highest BCUT2D eigenvalue weighted by Crippen LogP contribution is 2.33. The number of carbonyl (C=O) groups excluding carboxylic acids is 1. The molecule has 3 nitrogen and oxygen atoms in total. The fraction of sp³-hybridized carbons (Fsp3) is 0.364. The number of amides is 1. The zero-order valence-corrected chi connectivity index (χ0v) is 9.34. The Morgan fingerprint density at radius 1 is 1.53 bits per heavy atom. The predicted octanol–water partition coefficient (Wildman–Crippen LogP) is 2.22. The molecule has 0 aromatic heterocycles. The Labute approximate surface area is 93.8 Å². The van der Waals surface area contributed by atoms with Crippen LogP contribution in [0.3, 0.4) is 0 Å². The molecule has 0 saturated carbocycles. The van der Waals surface area contributed by atoms with Gasteiger partial charge in [-0.2, -0.15) is 0 Å². The molecule has 1 amide bonds. The number of aryl methyl sites for hydroxylation is 1. The second-order valence-electron chi connectivity index (χ2n) is 3.78. The van der Waals surface area contributed by atoms with Gasteiger partial charge in [-0.15, -0.1) is 0 Å². The van der Waals surface area contributed by atoms with Gasteiger partial charge in [0.05, 0.1) is 10.7 Å². The van der Waals surface area contributed by atoms with E-state index in [-0.39, 0.29) is 5.91 Å². The molecule has 0 saturated heterocycles. The van der Waals surface area contributed by atoms with Crippen LogP contribution in [0.5, 0.6) is 0 Å². The lowest BCUT2D eigenvalue weighted by atomic mass is 10.0. The van der Waals surface area contributed by atoms with Crippen molar-refractivity contribution in [2.24, 2.45) is 0 Å². The molecular weight excluding hydrogens is 212 g/mol. The number of rotatable bonds is 0. The average Bonchev–Trinajstić information content (AvgIpc) is 2.18. The molecule has 1 aromatic carbocycles. The highest BCUT2D eigenvalue weighted by Gasteiger charge is 2.20. The van der Waals surface area contributed by atoms with Crippen molar-refractivity contribution in [3.63, 3.8) is 0 Å². The second-order valence-corrected chi connectivity index (χ2v) is 4.18.